The molecule has 4 atom stereocenters. The minimum atomic E-state index is -1.26. The third kappa shape index (κ3) is 41.2. The fourth-order valence-corrected chi connectivity index (χ4v) is 8.26. The number of aliphatic carboxylic acids is 2. The van der Waals surface area contributed by atoms with E-state index in [1.807, 2.05) is 83.1 Å². The molecule has 0 radical (unpaired) electrons. The minimum Gasteiger partial charge on any atom is -0.508 e. The second kappa shape index (κ2) is 57.6. The highest BCUT2D eigenvalue weighted by atomic mass is 16.8. The van der Waals surface area contributed by atoms with Crippen molar-refractivity contribution in [3.05, 3.63) is 185 Å². The van der Waals surface area contributed by atoms with Crippen LogP contribution in [-0.4, -0.2) is 108 Å². The molecule has 0 saturated carbocycles. The lowest BCUT2D eigenvalue weighted by Gasteiger charge is -2.34. The zero-order chi connectivity index (χ0) is 82.1. The Balaban J connectivity index is -0.000000578. The summed E-state index contributed by atoms with van der Waals surface area (Å²) in [6, 6.07) is 37.8. The topological polar surface area (TPSA) is 345 Å². The van der Waals surface area contributed by atoms with Gasteiger partial charge in [0, 0.05) is 33.3 Å². The Labute approximate surface area is 626 Å². The van der Waals surface area contributed by atoms with Crippen LogP contribution in [-0.2, 0) is 57.2 Å². The first-order chi connectivity index (χ1) is 50.5. The summed E-state index contributed by atoms with van der Waals surface area (Å²) in [4.78, 5) is 90.0. The van der Waals surface area contributed by atoms with Crippen molar-refractivity contribution in [1.82, 2.24) is 0 Å². The summed E-state index contributed by atoms with van der Waals surface area (Å²) in [5.74, 6) is 13.4. The van der Waals surface area contributed by atoms with Crippen LogP contribution in [0.2, 0.25) is 0 Å². The van der Waals surface area contributed by atoms with Gasteiger partial charge in [-0.3, -0.25) is 28.8 Å². The summed E-state index contributed by atoms with van der Waals surface area (Å²) in [7, 11) is 1.36. The fraction of sp³-hybridized carbons (Fsp3) is 0.365. The number of ether oxygens (including phenoxy) is 5. The number of carboxylic acid groups (broad SMARTS) is 2. The SMILES string of the molecule is CC.CC.CC.CC.CC.CC.CC#CC(CC(=O)O)c1ccc(O)cc1.CC#CC(c1ccc(O)cc1)C1C(=O)OC(C)(C)OC1=O.CC#C[C@@H](CC(=O)O)c1ccc(O)cc1.CC#C[C@@H](CC(=O)OC)c1ccc(O)cc1.CC1(C)OC(=O)C(=Cc2ccc(O)cc2)C(=O)O1.O=Cc1ccc(O)cc1. The molecule has 106 heavy (non-hydrogen) atoms. The number of phenolic OH excluding ortho intramolecular Hbond substituents is 6. The van der Waals surface area contributed by atoms with Crippen LogP contribution < -0.4 is 0 Å². The van der Waals surface area contributed by atoms with E-state index in [1.54, 1.807) is 113 Å². The van der Waals surface area contributed by atoms with Crippen LogP contribution in [0.5, 0.6) is 34.5 Å². The van der Waals surface area contributed by atoms with Crippen molar-refractivity contribution in [3.8, 4) is 81.9 Å². The molecule has 8 N–H and O–H groups in total. The first-order valence-corrected chi connectivity index (χ1v) is 34.5. The van der Waals surface area contributed by atoms with Crippen molar-refractivity contribution in [2.45, 2.75) is 193 Å². The van der Waals surface area contributed by atoms with Crippen molar-refractivity contribution in [2.24, 2.45) is 5.92 Å². The third-order valence-electron chi connectivity index (χ3n) is 12.6. The van der Waals surface area contributed by atoms with Crippen molar-refractivity contribution in [1.29, 1.82) is 0 Å². The number of rotatable bonds is 13. The lowest BCUT2D eigenvalue weighted by molar-refractivity contribution is -0.240. The number of hydrogen-bond donors (Lipinski definition) is 8. The molecule has 2 aliphatic heterocycles. The molecule has 0 amide bonds. The number of esters is 5. The Morgan fingerprint density at radius 1 is 0.406 bits per heavy atom. The monoisotopic (exact) mass is 1460 g/mol. The molecule has 21 heteroatoms. The summed E-state index contributed by atoms with van der Waals surface area (Å²) in [5.41, 5.74) is 4.16. The van der Waals surface area contributed by atoms with Crippen LogP contribution in [0.3, 0.4) is 0 Å². The molecule has 0 aliphatic carbocycles. The summed E-state index contributed by atoms with van der Waals surface area (Å²) < 4.78 is 24.8. The molecule has 2 fully saturated rings. The average molecular weight is 1470 g/mol. The number of phenols is 6. The molecule has 0 spiro atoms. The molecule has 2 unspecified atom stereocenters. The number of carbonyl (C=O) groups excluding carboxylic acids is 6. The molecule has 2 aliphatic rings. The van der Waals surface area contributed by atoms with Crippen LogP contribution in [0.25, 0.3) is 6.08 Å². The van der Waals surface area contributed by atoms with Crippen LogP contribution >= 0.6 is 0 Å². The summed E-state index contributed by atoms with van der Waals surface area (Å²) in [5, 5.41) is 72.0. The number of carbonyl (C=O) groups is 8. The van der Waals surface area contributed by atoms with Gasteiger partial charge in [0.05, 0.1) is 50.0 Å². The average Bonchev–Trinajstić information content (AvgIpc) is 0.799. The van der Waals surface area contributed by atoms with Gasteiger partial charge in [-0.2, -0.15) is 0 Å². The van der Waals surface area contributed by atoms with Gasteiger partial charge in [0.2, 0.25) is 0 Å². The largest absolute Gasteiger partial charge is 0.508 e. The number of cyclic esters (lactones) is 4. The quantitative estimate of drug-likeness (QED) is 0.0101. The van der Waals surface area contributed by atoms with Crippen LogP contribution in [0.1, 0.15) is 220 Å². The molecule has 2 heterocycles. The Morgan fingerprint density at radius 2 is 0.660 bits per heavy atom. The van der Waals surface area contributed by atoms with Crippen LogP contribution in [0.4, 0.5) is 0 Å². The maximum Gasteiger partial charge on any atom is 0.348 e. The zero-order valence-electron chi connectivity index (χ0n) is 64.9. The number of benzene rings is 6. The van der Waals surface area contributed by atoms with Gasteiger partial charge < -0.3 is 64.5 Å². The smallest absolute Gasteiger partial charge is 0.348 e. The molecule has 2 saturated heterocycles. The molecule has 8 rings (SSSR count). The number of hydrogen-bond acceptors (Lipinski definition) is 19. The Hall–Kier alpha value is -11.9. The third-order valence-corrected chi connectivity index (χ3v) is 12.6. The number of aldehydes is 1. The van der Waals surface area contributed by atoms with Gasteiger partial charge in [0.25, 0.3) is 11.6 Å². The number of carboxylic acids is 2. The van der Waals surface area contributed by atoms with Gasteiger partial charge in [-0.25, -0.2) is 9.59 Å². The first-order valence-electron chi connectivity index (χ1n) is 34.5. The van der Waals surface area contributed by atoms with Crippen LogP contribution in [0.15, 0.2) is 151 Å². The Kier molecular flexibility index (Phi) is 54.5. The van der Waals surface area contributed by atoms with Crippen LogP contribution in [0, 0.1) is 53.3 Å². The maximum absolute atomic E-state index is 12.1. The Morgan fingerprint density at radius 3 is 0.925 bits per heavy atom. The van der Waals surface area contributed by atoms with Gasteiger partial charge in [-0.15, -0.1) is 23.7 Å². The van der Waals surface area contributed by atoms with Crippen molar-refractivity contribution >= 4 is 54.1 Å². The number of methoxy groups -OCH3 is 1. The minimum absolute atomic E-state index is 0.0222. The van der Waals surface area contributed by atoms with E-state index in [9.17, 15) is 43.5 Å². The van der Waals surface area contributed by atoms with E-state index in [4.69, 9.17) is 54.7 Å². The predicted molar refractivity (Wildman–Crippen MR) is 412 cm³/mol. The molecule has 0 aromatic heterocycles. The van der Waals surface area contributed by atoms with Crippen molar-refractivity contribution in [2.75, 3.05) is 7.11 Å². The molecular formula is C85H108O21. The highest BCUT2D eigenvalue weighted by Crippen LogP contribution is 2.34. The number of aromatic hydroxyl groups is 6. The van der Waals surface area contributed by atoms with E-state index in [1.165, 1.54) is 102 Å². The molecular weight excluding hydrogens is 1360 g/mol. The lowest BCUT2D eigenvalue weighted by Crippen LogP contribution is -2.48. The first kappa shape index (κ1) is 100. The van der Waals surface area contributed by atoms with E-state index in [-0.39, 0.29) is 83.1 Å². The fourth-order valence-electron chi connectivity index (χ4n) is 8.26. The van der Waals surface area contributed by atoms with E-state index in [2.05, 4.69) is 52.1 Å². The summed E-state index contributed by atoms with van der Waals surface area (Å²) in [6.07, 6.45) is 2.28. The van der Waals surface area contributed by atoms with E-state index < -0.39 is 59.2 Å². The molecule has 6 aromatic carbocycles. The zero-order valence-corrected chi connectivity index (χ0v) is 64.9. The van der Waals surface area contributed by atoms with Gasteiger partial charge in [0.1, 0.15) is 46.4 Å². The summed E-state index contributed by atoms with van der Waals surface area (Å²) in [6.45, 7) is 36.7. The van der Waals surface area contributed by atoms with E-state index >= 15 is 0 Å². The maximum atomic E-state index is 12.1. The normalized spacial score (nSPS) is 12.8. The van der Waals surface area contributed by atoms with Crippen molar-refractivity contribution < 1.29 is 103 Å². The van der Waals surface area contributed by atoms with E-state index in [0.29, 0.717) is 16.7 Å². The molecule has 21 nitrogen and oxygen atoms in total. The summed E-state index contributed by atoms with van der Waals surface area (Å²) >= 11 is 0. The molecule has 0 bridgehead atoms. The van der Waals surface area contributed by atoms with E-state index in [0.717, 1.165) is 23.0 Å². The second-order valence-corrected chi connectivity index (χ2v) is 20.8. The lowest BCUT2D eigenvalue weighted by atomic mass is 9.85. The van der Waals surface area contributed by atoms with Crippen molar-refractivity contribution in [3.63, 3.8) is 0 Å². The van der Waals surface area contributed by atoms with Gasteiger partial charge in [-0.05, 0) is 147 Å². The highest BCUT2D eigenvalue weighted by Gasteiger charge is 2.47. The highest BCUT2D eigenvalue weighted by molar-refractivity contribution is 6.18. The molecule has 574 valence electrons. The predicted octanol–water partition coefficient (Wildman–Crippen LogP) is 16.9. The van der Waals surface area contributed by atoms with Gasteiger partial charge in [0.15, 0.2) is 5.92 Å². The van der Waals surface area contributed by atoms with Gasteiger partial charge >= 0.3 is 41.8 Å². The second-order valence-electron chi connectivity index (χ2n) is 20.8. The molecule has 6 aromatic rings. The Bertz CT molecular complexity index is 3720. The van der Waals surface area contributed by atoms with Gasteiger partial charge in [-0.1, -0.05) is 167 Å². The standard InChI is InChI=1S/C16H16O5.C13H12O5.C13H14O3.2C12H12O3.C7H6O2.6C2H6/c1-4-5-12(10-6-8-11(17)9-7-10)13-14(18)20-16(2,3)21-15(13)19;1-13(2)17-11(15)10(12(16)18-13)7-8-3-5-9(14)6-4-8;1-3-4-11(9-13(15)16-2)10-5-7-12(14)8-6-10;2*1-2-3-10(8-12(14)15)9-4-6-11(13)7-5-9;8-5-6-1-3-7(9)4-2-6;6*1-2/h6-9,12-13,17H,1-3H3;3-7,14H,1-2H3;5-8,11,14H,9H2,1-2H3;2*4-7,10,13H,8H2,1H3,(H,14,15);1-5,9H;6*1-2H3/t;;11-;10-;;;;;;;;/m..00......../s1.